The van der Waals surface area contributed by atoms with Gasteiger partial charge in [0.1, 0.15) is 11.4 Å². The molecule has 2 aromatic rings. The molecule has 0 aliphatic heterocycles. The van der Waals surface area contributed by atoms with Crippen LogP contribution in [0.4, 0.5) is 11.4 Å². The maximum Gasteiger partial charge on any atom is 0.274 e. The Bertz CT molecular complexity index is 639. The number of aromatic nitrogens is 1. The molecular weight excluding hydrogens is 290 g/mol. The number of hydrogen-bond donors (Lipinski definition) is 2. The number of hydrogen-bond acceptors (Lipinski definition) is 4. The van der Waals surface area contributed by atoms with E-state index in [9.17, 15) is 4.79 Å². The Morgan fingerprint density at radius 3 is 2.65 bits per heavy atom. The van der Waals surface area contributed by atoms with Gasteiger partial charge in [-0.05, 0) is 37.1 Å². The van der Waals surface area contributed by atoms with Crippen molar-refractivity contribution in [2.75, 3.05) is 23.8 Å². The molecule has 1 amide bonds. The molecule has 2 rings (SSSR count). The van der Waals surface area contributed by atoms with Gasteiger partial charge >= 0.3 is 0 Å². The lowest BCUT2D eigenvalue weighted by molar-refractivity contribution is 0.102. The minimum atomic E-state index is -0.257. The number of amides is 1. The fourth-order valence-corrected chi connectivity index (χ4v) is 1.99. The highest BCUT2D eigenvalue weighted by atomic mass is 16.5. The first kappa shape index (κ1) is 16.8. The number of carbonyl (C=O) groups excluding carboxylic acids is 1. The monoisotopic (exact) mass is 313 g/mol. The smallest absolute Gasteiger partial charge is 0.274 e. The highest BCUT2D eigenvalue weighted by Crippen LogP contribution is 2.24. The largest absolute Gasteiger partial charge is 0.492 e. The predicted octanol–water partition coefficient (Wildman–Crippen LogP) is 3.80. The molecule has 0 unspecified atom stereocenters. The molecule has 0 fully saturated rings. The number of rotatable bonds is 7. The van der Waals surface area contributed by atoms with Gasteiger partial charge in [-0.3, -0.25) is 4.79 Å². The number of para-hydroxylation sites is 2. The third-order valence-electron chi connectivity index (χ3n) is 3.15. The summed E-state index contributed by atoms with van der Waals surface area (Å²) in [5.74, 6) is 0.944. The van der Waals surface area contributed by atoms with Crippen molar-refractivity contribution in [3.8, 4) is 5.75 Å². The molecule has 1 aromatic heterocycles. The summed E-state index contributed by atoms with van der Waals surface area (Å²) in [5, 5.41) is 6.11. The fraction of sp³-hybridized carbons (Fsp3) is 0.333. The molecule has 0 aliphatic carbocycles. The molecule has 122 valence electrons. The van der Waals surface area contributed by atoms with Crippen molar-refractivity contribution in [3.63, 3.8) is 0 Å². The Morgan fingerprint density at radius 2 is 2.00 bits per heavy atom. The first-order valence-electron chi connectivity index (χ1n) is 7.83. The Labute approximate surface area is 137 Å². The standard InChI is InChI=1S/C18H23N3O2/c1-4-23-17-8-6-5-7-15(17)21-18(22)16-10-9-14(12-20-16)19-11-13(2)3/h5-10,12-13,19H,4,11H2,1-3H3,(H,21,22). The van der Waals surface area contributed by atoms with E-state index in [0.29, 0.717) is 29.7 Å². The van der Waals surface area contributed by atoms with Crippen LogP contribution in [0.15, 0.2) is 42.6 Å². The van der Waals surface area contributed by atoms with Gasteiger partial charge in [-0.1, -0.05) is 26.0 Å². The van der Waals surface area contributed by atoms with Crippen molar-refractivity contribution in [2.24, 2.45) is 5.92 Å². The lowest BCUT2D eigenvalue weighted by Gasteiger charge is -2.11. The summed E-state index contributed by atoms with van der Waals surface area (Å²) < 4.78 is 5.50. The molecular formula is C18H23N3O2. The zero-order chi connectivity index (χ0) is 16.7. The van der Waals surface area contributed by atoms with Gasteiger partial charge in [0.05, 0.1) is 24.2 Å². The van der Waals surface area contributed by atoms with Gasteiger partial charge in [-0.15, -0.1) is 0 Å². The molecule has 0 saturated heterocycles. The number of carbonyl (C=O) groups is 1. The highest BCUT2D eigenvalue weighted by Gasteiger charge is 2.10. The summed E-state index contributed by atoms with van der Waals surface area (Å²) >= 11 is 0. The zero-order valence-corrected chi connectivity index (χ0v) is 13.8. The van der Waals surface area contributed by atoms with Crippen molar-refractivity contribution in [2.45, 2.75) is 20.8 Å². The van der Waals surface area contributed by atoms with E-state index in [1.54, 1.807) is 18.3 Å². The minimum absolute atomic E-state index is 0.257. The molecule has 5 nitrogen and oxygen atoms in total. The Balaban J connectivity index is 2.03. The highest BCUT2D eigenvalue weighted by molar-refractivity contribution is 6.03. The average Bonchev–Trinajstić information content (AvgIpc) is 2.55. The van der Waals surface area contributed by atoms with Crippen molar-refractivity contribution in [3.05, 3.63) is 48.3 Å². The van der Waals surface area contributed by atoms with E-state index in [-0.39, 0.29) is 5.91 Å². The first-order chi connectivity index (χ1) is 11.1. The van der Waals surface area contributed by atoms with Crippen LogP contribution in [0.25, 0.3) is 0 Å². The molecule has 23 heavy (non-hydrogen) atoms. The molecule has 1 aromatic carbocycles. The fourth-order valence-electron chi connectivity index (χ4n) is 1.99. The summed E-state index contributed by atoms with van der Waals surface area (Å²) in [6.45, 7) is 7.59. The van der Waals surface area contributed by atoms with Gasteiger partial charge < -0.3 is 15.4 Å². The number of nitrogens with zero attached hydrogens (tertiary/aromatic N) is 1. The second-order valence-electron chi connectivity index (χ2n) is 5.59. The van der Waals surface area contributed by atoms with Crippen LogP contribution >= 0.6 is 0 Å². The van der Waals surface area contributed by atoms with Gasteiger partial charge in [-0.2, -0.15) is 0 Å². The van der Waals surface area contributed by atoms with Gasteiger partial charge in [0, 0.05) is 6.54 Å². The zero-order valence-electron chi connectivity index (χ0n) is 13.8. The molecule has 0 aliphatic rings. The van der Waals surface area contributed by atoms with Crippen molar-refractivity contribution in [1.29, 1.82) is 0 Å². The summed E-state index contributed by atoms with van der Waals surface area (Å²) in [5.41, 5.74) is 1.92. The molecule has 0 radical (unpaired) electrons. The van der Waals surface area contributed by atoms with Crippen LogP contribution < -0.4 is 15.4 Å². The van der Waals surface area contributed by atoms with E-state index in [4.69, 9.17) is 4.74 Å². The second kappa shape index (κ2) is 8.17. The SMILES string of the molecule is CCOc1ccccc1NC(=O)c1ccc(NCC(C)C)cn1. The molecule has 0 bridgehead atoms. The van der Waals surface area contributed by atoms with Crippen molar-refractivity contribution < 1.29 is 9.53 Å². The number of pyridine rings is 1. The summed E-state index contributed by atoms with van der Waals surface area (Å²) in [6.07, 6.45) is 1.67. The summed E-state index contributed by atoms with van der Waals surface area (Å²) in [6, 6.07) is 10.9. The van der Waals surface area contributed by atoms with Gasteiger partial charge in [0.15, 0.2) is 0 Å². The third kappa shape index (κ3) is 4.98. The van der Waals surface area contributed by atoms with E-state index >= 15 is 0 Å². The van der Waals surface area contributed by atoms with Crippen LogP contribution in [0, 0.1) is 5.92 Å². The Kier molecular flexibility index (Phi) is 5.97. The molecule has 5 heteroatoms. The summed E-state index contributed by atoms with van der Waals surface area (Å²) in [4.78, 5) is 16.5. The van der Waals surface area contributed by atoms with E-state index < -0.39 is 0 Å². The molecule has 0 spiro atoms. The number of ether oxygens (including phenoxy) is 1. The van der Waals surface area contributed by atoms with Gasteiger partial charge in [0.2, 0.25) is 0 Å². The van der Waals surface area contributed by atoms with Crippen LogP contribution in [-0.2, 0) is 0 Å². The Hall–Kier alpha value is -2.56. The second-order valence-corrected chi connectivity index (χ2v) is 5.59. The van der Waals surface area contributed by atoms with Crippen LogP contribution in [-0.4, -0.2) is 24.0 Å². The van der Waals surface area contributed by atoms with Crippen LogP contribution in [0.2, 0.25) is 0 Å². The molecule has 2 N–H and O–H groups in total. The number of anilines is 2. The van der Waals surface area contributed by atoms with E-state index in [1.807, 2.05) is 31.2 Å². The quantitative estimate of drug-likeness (QED) is 0.816. The van der Waals surface area contributed by atoms with Crippen LogP contribution in [0.1, 0.15) is 31.3 Å². The molecule has 0 saturated carbocycles. The summed E-state index contributed by atoms with van der Waals surface area (Å²) in [7, 11) is 0. The minimum Gasteiger partial charge on any atom is -0.492 e. The molecule has 1 heterocycles. The number of nitrogens with one attached hydrogen (secondary N) is 2. The van der Waals surface area contributed by atoms with Gasteiger partial charge in [-0.25, -0.2) is 4.98 Å². The van der Waals surface area contributed by atoms with Gasteiger partial charge in [0.25, 0.3) is 5.91 Å². The lowest BCUT2D eigenvalue weighted by Crippen LogP contribution is -2.15. The van der Waals surface area contributed by atoms with Crippen LogP contribution in [0.3, 0.4) is 0 Å². The third-order valence-corrected chi connectivity index (χ3v) is 3.15. The predicted molar refractivity (Wildman–Crippen MR) is 93.1 cm³/mol. The maximum absolute atomic E-state index is 12.3. The van der Waals surface area contributed by atoms with Crippen molar-refractivity contribution in [1.82, 2.24) is 4.98 Å². The van der Waals surface area contributed by atoms with E-state index in [2.05, 4.69) is 29.5 Å². The maximum atomic E-state index is 12.3. The first-order valence-corrected chi connectivity index (χ1v) is 7.83. The average molecular weight is 313 g/mol. The molecule has 0 atom stereocenters. The topological polar surface area (TPSA) is 63.2 Å². The van der Waals surface area contributed by atoms with Crippen LogP contribution in [0.5, 0.6) is 5.75 Å². The number of benzene rings is 1. The van der Waals surface area contributed by atoms with E-state index in [1.165, 1.54) is 0 Å². The lowest BCUT2D eigenvalue weighted by atomic mass is 10.2. The Morgan fingerprint density at radius 1 is 1.22 bits per heavy atom. The van der Waals surface area contributed by atoms with Crippen molar-refractivity contribution >= 4 is 17.3 Å². The normalized spacial score (nSPS) is 10.4. The van der Waals surface area contributed by atoms with E-state index in [0.717, 1.165) is 12.2 Å².